The molecule has 0 amide bonds. The molecule has 0 fully saturated rings. The number of nitriles is 1. The average Bonchev–Trinajstić information content (AvgIpc) is 2.58. The molecule has 0 aliphatic carbocycles. The number of hydrogen-bond acceptors (Lipinski definition) is 4. The monoisotopic (exact) mass is 373 g/mol. The van der Waals surface area contributed by atoms with Crippen molar-refractivity contribution in [1.29, 1.82) is 5.26 Å². The van der Waals surface area contributed by atoms with E-state index in [2.05, 4.69) is 0 Å². The molecule has 0 spiro atoms. The summed E-state index contributed by atoms with van der Waals surface area (Å²) < 4.78 is 5.15. The summed E-state index contributed by atoms with van der Waals surface area (Å²) in [7, 11) is 0. The molecule has 0 aliphatic rings. The van der Waals surface area contributed by atoms with Crippen molar-refractivity contribution in [2.75, 3.05) is 6.61 Å². The van der Waals surface area contributed by atoms with E-state index in [0.717, 1.165) is 0 Å². The summed E-state index contributed by atoms with van der Waals surface area (Å²) in [5, 5.41) is 28.4. The molecule has 0 saturated heterocycles. The summed E-state index contributed by atoms with van der Waals surface area (Å²) >= 11 is 6.26. The van der Waals surface area contributed by atoms with Crippen molar-refractivity contribution in [3.05, 3.63) is 57.1 Å². The lowest BCUT2D eigenvalue weighted by Gasteiger charge is -2.21. The third-order valence-electron chi connectivity index (χ3n) is 4.15. The maximum atomic E-state index is 12.0. The van der Waals surface area contributed by atoms with E-state index in [9.17, 15) is 19.8 Å². The Morgan fingerprint density at radius 1 is 1.12 bits per heavy atom. The van der Waals surface area contributed by atoms with Gasteiger partial charge in [-0.15, -0.1) is 0 Å². The van der Waals surface area contributed by atoms with E-state index in [4.69, 9.17) is 21.6 Å². The highest BCUT2D eigenvalue weighted by Crippen LogP contribution is 2.38. The minimum Gasteiger partial charge on any atom is -0.478 e. The molecule has 0 atom stereocenters. The van der Waals surface area contributed by atoms with Crippen molar-refractivity contribution in [2.24, 2.45) is 0 Å². The molecular formula is C19H16ClNO5. The zero-order valence-electron chi connectivity index (χ0n) is 14.2. The minimum atomic E-state index is -1.29. The molecule has 2 aromatic carbocycles. The first-order chi connectivity index (χ1) is 12.3. The molecule has 2 aromatic rings. The van der Waals surface area contributed by atoms with Crippen LogP contribution in [0.4, 0.5) is 0 Å². The van der Waals surface area contributed by atoms with E-state index in [1.54, 1.807) is 44.2 Å². The molecule has 7 heteroatoms. The fraction of sp³-hybridized carbons (Fsp3) is 0.211. The van der Waals surface area contributed by atoms with E-state index < -0.39 is 11.9 Å². The highest BCUT2D eigenvalue weighted by molar-refractivity contribution is 6.33. The molecule has 0 radical (unpaired) electrons. The first-order valence-corrected chi connectivity index (χ1v) is 8.01. The predicted molar refractivity (Wildman–Crippen MR) is 95.5 cm³/mol. The Labute approximate surface area is 155 Å². The molecule has 0 aliphatic heterocycles. The predicted octanol–water partition coefficient (Wildman–Crippen LogP) is 4.06. The molecule has 134 valence electrons. The molecule has 0 saturated carbocycles. The van der Waals surface area contributed by atoms with Crippen LogP contribution in [-0.4, -0.2) is 28.8 Å². The number of rotatable bonds is 6. The normalized spacial score (nSPS) is 10.4. The smallest absolute Gasteiger partial charge is 0.336 e. The van der Waals surface area contributed by atoms with Crippen LogP contribution < -0.4 is 0 Å². The molecule has 26 heavy (non-hydrogen) atoms. The maximum absolute atomic E-state index is 12.0. The zero-order chi connectivity index (χ0) is 19.4. The summed E-state index contributed by atoms with van der Waals surface area (Å²) in [4.78, 5) is 23.8. The molecule has 0 heterocycles. The number of aromatic carboxylic acids is 2. The van der Waals surface area contributed by atoms with Gasteiger partial charge in [0.2, 0.25) is 0 Å². The Kier molecular flexibility index (Phi) is 5.98. The van der Waals surface area contributed by atoms with Crippen LogP contribution in [-0.2, 0) is 11.3 Å². The lowest BCUT2D eigenvalue weighted by Crippen LogP contribution is -2.17. The highest BCUT2D eigenvalue weighted by Gasteiger charge is 2.28. The molecule has 0 unspecified atom stereocenters. The average molecular weight is 374 g/mol. The van der Waals surface area contributed by atoms with Gasteiger partial charge in [-0.1, -0.05) is 29.8 Å². The largest absolute Gasteiger partial charge is 0.478 e. The van der Waals surface area contributed by atoms with E-state index in [-0.39, 0.29) is 29.9 Å². The maximum Gasteiger partial charge on any atom is 0.336 e. The Morgan fingerprint density at radius 2 is 1.73 bits per heavy atom. The van der Waals surface area contributed by atoms with Gasteiger partial charge in [0.15, 0.2) is 0 Å². The van der Waals surface area contributed by atoms with Gasteiger partial charge in [-0.25, -0.2) is 9.59 Å². The summed E-state index contributed by atoms with van der Waals surface area (Å²) in [5.74, 6) is -2.55. The quantitative estimate of drug-likeness (QED) is 0.739. The number of nitrogens with zero attached hydrogens (tertiary/aromatic N) is 1. The Balaban J connectivity index is 2.93. The fourth-order valence-electron chi connectivity index (χ4n) is 2.93. The lowest BCUT2D eigenvalue weighted by molar-refractivity contribution is 0.0684. The molecular weight excluding hydrogens is 358 g/mol. The third kappa shape index (κ3) is 3.54. The van der Waals surface area contributed by atoms with Gasteiger partial charge < -0.3 is 14.9 Å². The van der Waals surface area contributed by atoms with E-state index in [1.807, 2.05) is 0 Å². The second-order valence-corrected chi connectivity index (χ2v) is 6.00. The Hall–Kier alpha value is -2.88. The van der Waals surface area contributed by atoms with Gasteiger partial charge in [-0.3, -0.25) is 0 Å². The number of halogens is 1. The van der Waals surface area contributed by atoms with Crippen molar-refractivity contribution in [1.82, 2.24) is 0 Å². The fourth-order valence-corrected chi connectivity index (χ4v) is 3.16. The van der Waals surface area contributed by atoms with Crippen LogP contribution in [0.3, 0.4) is 0 Å². The first kappa shape index (κ1) is 19.4. The van der Waals surface area contributed by atoms with Crippen LogP contribution in [0.5, 0.6) is 0 Å². The second-order valence-electron chi connectivity index (χ2n) is 5.59. The highest BCUT2D eigenvalue weighted by atomic mass is 35.5. The van der Waals surface area contributed by atoms with Crippen LogP contribution in [0.2, 0.25) is 5.02 Å². The molecule has 0 bridgehead atoms. The SMILES string of the molecule is Cc1c(C)c(-c2ccccc2Cl)c(C(=O)O)c(COCC#N)c1C(=O)O. The van der Waals surface area contributed by atoms with Crippen LogP contribution >= 0.6 is 11.6 Å². The van der Waals surface area contributed by atoms with Crippen molar-refractivity contribution in [3.8, 4) is 17.2 Å². The van der Waals surface area contributed by atoms with Crippen LogP contribution in [0.25, 0.3) is 11.1 Å². The topological polar surface area (TPSA) is 108 Å². The molecule has 6 nitrogen and oxygen atoms in total. The summed E-state index contributed by atoms with van der Waals surface area (Å²) in [5.41, 5.74) is 1.47. The van der Waals surface area contributed by atoms with Crippen molar-refractivity contribution < 1.29 is 24.5 Å². The molecule has 2 N–H and O–H groups in total. The first-order valence-electron chi connectivity index (χ1n) is 7.63. The van der Waals surface area contributed by atoms with Gasteiger partial charge in [-0.05, 0) is 31.0 Å². The van der Waals surface area contributed by atoms with Gasteiger partial charge in [0.05, 0.1) is 23.8 Å². The summed E-state index contributed by atoms with van der Waals surface area (Å²) in [6.07, 6.45) is 0. The second kappa shape index (κ2) is 8.00. The van der Waals surface area contributed by atoms with E-state index in [1.165, 1.54) is 0 Å². The van der Waals surface area contributed by atoms with E-state index in [0.29, 0.717) is 27.3 Å². The van der Waals surface area contributed by atoms with Gasteiger partial charge in [0, 0.05) is 21.7 Å². The summed E-state index contributed by atoms with van der Waals surface area (Å²) in [6.45, 7) is 2.67. The van der Waals surface area contributed by atoms with E-state index >= 15 is 0 Å². The van der Waals surface area contributed by atoms with Crippen molar-refractivity contribution >= 4 is 23.5 Å². The van der Waals surface area contributed by atoms with Crippen LogP contribution in [0, 0.1) is 25.2 Å². The molecule has 0 aromatic heterocycles. The number of carboxylic acids is 2. The van der Waals surface area contributed by atoms with Gasteiger partial charge >= 0.3 is 11.9 Å². The van der Waals surface area contributed by atoms with Gasteiger partial charge in [-0.2, -0.15) is 5.26 Å². The van der Waals surface area contributed by atoms with Crippen LogP contribution in [0.1, 0.15) is 37.4 Å². The standard InChI is InChI=1S/C19H16ClNO5/c1-10-11(2)16(18(22)23)13(9-26-8-7-21)17(19(24)25)15(10)12-5-3-4-6-14(12)20/h3-6H,8-9H2,1-2H3,(H,22,23)(H,24,25). The van der Waals surface area contributed by atoms with Crippen molar-refractivity contribution in [2.45, 2.75) is 20.5 Å². The minimum absolute atomic E-state index is 0.0123. The number of carbonyl (C=O) groups is 2. The number of carboxylic acid groups (broad SMARTS) is 2. The Morgan fingerprint density at radius 3 is 2.27 bits per heavy atom. The number of ether oxygens (including phenoxy) is 1. The summed E-state index contributed by atoms with van der Waals surface area (Å²) in [6, 6.07) is 8.53. The Bertz CT molecular complexity index is 931. The number of hydrogen-bond donors (Lipinski definition) is 2. The number of benzene rings is 2. The van der Waals surface area contributed by atoms with Gasteiger partial charge in [0.25, 0.3) is 0 Å². The zero-order valence-corrected chi connectivity index (χ0v) is 14.9. The third-order valence-corrected chi connectivity index (χ3v) is 4.48. The van der Waals surface area contributed by atoms with Gasteiger partial charge in [0.1, 0.15) is 6.61 Å². The molecule has 2 rings (SSSR count). The van der Waals surface area contributed by atoms with Crippen LogP contribution in [0.15, 0.2) is 24.3 Å². The van der Waals surface area contributed by atoms with Crippen molar-refractivity contribution in [3.63, 3.8) is 0 Å². The lowest BCUT2D eigenvalue weighted by atomic mass is 9.84.